The lowest BCUT2D eigenvalue weighted by atomic mass is 10.8. The van der Waals surface area contributed by atoms with Crippen molar-refractivity contribution in [2.75, 3.05) is 0 Å². The van der Waals surface area contributed by atoms with E-state index in [2.05, 4.69) is 19.7 Å². The molecule has 0 aromatic carbocycles. The molecule has 0 aliphatic rings. The first-order chi connectivity index (χ1) is 4.00. The lowest BCUT2D eigenvalue weighted by molar-refractivity contribution is 0.263. The lowest BCUT2D eigenvalue weighted by Crippen LogP contribution is -2.38. The first-order valence-corrected chi connectivity index (χ1v) is 6.58. The molecule has 1 N–H and O–H groups in total. The summed E-state index contributed by atoms with van der Waals surface area (Å²) in [7, 11) is -1.34. The number of aliphatic hydroxyl groups is 1. The average molecular weight is 144 g/mol. The van der Waals surface area contributed by atoms with Crippen molar-refractivity contribution in [1.82, 2.24) is 0 Å². The zero-order chi connectivity index (χ0) is 7.49. The zero-order valence-electron chi connectivity index (χ0n) is 6.52. The molecule has 54 valence electrons. The van der Waals surface area contributed by atoms with Crippen LogP contribution in [0.4, 0.5) is 0 Å². The van der Waals surface area contributed by atoms with Crippen LogP contribution in [0.3, 0.4) is 0 Å². The maximum Gasteiger partial charge on any atom is 0.0845 e. The van der Waals surface area contributed by atoms with Gasteiger partial charge in [-0.1, -0.05) is 19.2 Å². The van der Waals surface area contributed by atoms with Gasteiger partial charge >= 0.3 is 0 Å². The van der Waals surface area contributed by atoms with Crippen LogP contribution in [0, 0.1) is 0 Å². The van der Waals surface area contributed by atoms with E-state index in [-0.39, 0.29) is 5.73 Å². The summed E-state index contributed by atoms with van der Waals surface area (Å²) in [5.74, 6) is 0. The van der Waals surface area contributed by atoms with E-state index in [4.69, 9.17) is 0 Å². The van der Waals surface area contributed by atoms with E-state index < -0.39 is 8.07 Å². The molecule has 0 rings (SSSR count). The molecule has 0 aromatic rings. The number of hydrogen-bond acceptors (Lipinski definition) is 1. The van der Waals surface area contributed by atoms with Crippen LogP contribution in [0.2, 0.25) is 19.1 Å². The van der Waals surface area contributed by atoms with Gasteiger partial charge in [0.05, 0.1) is 8.07 Å². The summed E-state index contributed by atoms with van der Waals surface area (Å²) in [6.45, 7) is 9.85. The van der Waals surface area contributed by atoms with E-state index >= 15 is 0 Å². The molecule has 1 nitrogen and oxygen atoms in total. The Bertz CT molecular complexity index is 97.1. The van der Waals surface area contributed by atoms with Gasteiger partial charge in [-0.2, -0.15) is 0 Å². The fraction of sp³-hybridized carbons (Fsp3) is 0.714. The molecular formula is C7H16OSi. The molecule has 0 bridgehead atoms. The third kappa shape index (κ3) is 2.82. The van der Waals surface area contributed by atoms with Gasteiger partial charge < -0.3 is 5.11 Å². The second kappa shape index (κ2) is 3.18. The molecule has 9 heavy (non-hydrogen) atoms. The van der Waals surface area contributed by atoms with E-state index in [0.717, 1.165) is 6.04 Å². The summed E-state index contributed by atoms with van der Waals surface area (Å²) < 4.78 is 0. The molecule has 0 aliphatic carbocycles. The van der Waals surface area contributed by atoms with Gasteiger partial charge in [0.2, 0.25) is 0 Å². The Hall–Kier alpha value is -0.0831. The number of aliphatic hydroxyl groups excluding tert-OH is 1. The molecule has 0 aliphatic heterocycles. The molecule has 0 saturated heterocycles. The van der Waals surface area contributed by atoms with Crippen LogP contribution in [0.15, 0.2) is 12.7 Å². The standard InChI is InChI=1S/C7H16OSi/c1-5-6-9(3,4)7(2)8/h5,7-8H,1,6H2,2-4H3. The van der Waals surface area contributed by atoms with E-state index in [9.17, 15) is 5.11 Å². The molecule has 1 atom stereocenters. The summed E-state index contributed by atoms with van der Waals surface area (Å²) in [5, 5.41) is 9.23. The van der Waals surface area contributed by atoms with Crippen molar-refractivity contribution in [3.05, 3.63) is 12.7 Å². The molecule has 0 saturated carbocycles. The number of hydrogen-bond donors (Lipinski definition) is 1. The van der Waals surface area contributed by atoms with E-state index in [1.165, 1.54) is 0 Å². The quantitative estimate of drug-likeness (QED) is 0.473. The third-order valence-corrected chi connectivity index (χ3v) is 5.40. The van der Waals surface area contributed by atoms with Gasteiger partial charge in [0, 0.05) is 5.73 Å². The average Bonchev–Trinajstić information content (AvgIpc) is 1.65. The SMILES string of the molecule is C=CC[Si](C)(C)C(C)O. The lowest BCUT2D eigenvalue weighted by Gasteiger charge is -2.23. The Morgan fingerprint density at radius 3 is 2.22 bits per heavy atom. The van der Waals surface area contributed by atoms with Crippen molar-refractivity contribution in [3.63, 3.8) is 0 Å². The van der Waals surface area contributed by atoms with Crippen LogP contribution in [0.5, 0.6) is 0 Å². The molecule has 0 fully saturated rings. The maximum absolute atomic E-state index is 9.23. The predicted molar refractivity (Wildman–Crippen MR) is 44.2 cm³/mol. The highest BCUT2D eigenvalue weighted by Gasteiger charge is 2.24. The minimum absolute atomic E-state index is 0.115. The van der Waals surface area contributed by atoms with Gasteiger partial charge in [-0.15, -0.1) is 6.58 Å². The highest BCUT2D eigenvalue weighted by molar-refractivity contribution is 6.78. The molecule has 2 heteroatoms. The molecule has 0 heterocycles. The maximum atomic E-state index is 9.23. The molecule has 0 radical (unpaired) electrons. The normalized spacial score (nSPS) is 15.1. The van der Waals surface area contributed by atoms with Crippen molar-refractivity contribution >= 4 is 8.07 Å². The Morgan fingerprint density at radius 2 is 2.11 bits per heavy atom. The Balaban J connectivity index is 3.84. The van der Waals surface area contributed by atoms with Gasteiger partial charge in [-0.05, 0) is 13.0 Å². The van der Waals surface area contributed by atoms with Crippen molar-refractivity contribution in [2.45, 2.75) is 31.8 Å². The largest absolute Gasteiger partial charge is 0.397 e. The molecule has 0 aromatic heterocycles. The van der Waals surface area contributed by atoms with Crippen molar-refractivity contribution < 1.29 is 5.11 Å². The van der Waals surface area contributed by atoms with Gasteiger partial charge in [-0.25, -0.2) is 0 Å². The minimum atomic E-state index is -1.34. The topological polar surface area (TPSA) is 20.2 Å². The summed E-state index contributed by atoms with van der Waals surface area (Å²) in [4.78, 5) is 0. The predicted octanol–water partition coefficient (Wildman–Crippen LogP) is 1.80. The number of allylic oxidation sites excluding steroid dienone is 1. The second-order valence-electron chi connectivity index (χ2n) is 3.16. The monoisotopic (exact) mass is 144 g/mol. The highest BCUT2D eigenvalue weighted by Crippen LogP contribution is 2.13. The molecule has 0 spiro atoms. The third-order valence-electron chi connectivity index (χ3n) is 1.80. The molecular weight excluding hydrogens is 128 g/mol. The highest BCUT2D eigenvalue weighted by atomic mass is 28.3. The molecule has 0 amide bonds. The Labute approximate surface area is 58.4 Å². The Kier molecular flexibility index (Phi) is 3.15. The van der Waals surface area contributed by atoms with Crippen molar-refractivity contribution in [1.29, 1.82) is 0 Å². The smallest absolute Gasteiger partial charge is 0.0845 e. The molecule has 1 unspecified atom stereocenters. The van der Waals surface area contributed by atoms with Crippen LogP contribution in [0.25, 0.3) is 0 Å². The van der Waals surface area contributed by atoms with Gasteiger partial charge in [-0.3, -0.25) is 0 Å². The summed E-state index contributed by atoms with van der Waals surface area (Å²) in [6.07, 6.45) is 1.90. The minimum Gasteiger partial charge on any atom is -0.397 e. The summed E-state index contributed by atoms with van der Waals surface area (Å²) >= 11 is 0. The van der Waals surface area contributed by atoms with Crippen molar-refractivity contribution in [2.24, 2.45) is 0 Å². The van der Waals surface area contributed by atoms with Crippen LogP contribution < -0.4 is 0 Å². The van der Waals surface area contributed by atoms with E-state index in [1.54, 1.807) is 0 Å². The zero-order valence-corrected chi connectivity index (χ0v) is 7.52. The first kappa shape index (κ1) is 8.92. The van der Waals surface area contributed by atoms with Crippen LogP contribution >= 0.6 is 0 Å². The second-order valence-corrected chi connectivity index (χ2v) is 8.38. The van der Waals surface area contributed by atoms with Gasteiger partial charge in [0.1, 0.15) is 0 Å². The van der Waals surface area contributed by atoms with Crippen molar-refractivity contribution in [3.8, 4) is 0 Å². The fourth-order valence-electron chi connectivity index (χ4n) is 0.543. The van der Waals surface area contributed by atoms with Gasteiger partial charge in [0.15, 0.2) is 0 Å². The van der Waals surface area contributed by atoms with E-state index in [1.807, 2.05) is 13.0 Å². The Morgan fingerprint density at radius 1 is 1.67 bits per heavy atom. The summed E-state index contributed by atoms with van der Waals surface area (Å²) in [5.41, 5.74) is -0.115. The van der Waals surface area contributed by atoms with Crippen LogP contribution in [0.1, 0.15) is 6.92 Å². The van der Waals surface area contributed by atoms with Gasteiger partial charge in [0.25, 0.3) is 0 Å². The summed E-state index contributed by atoms with van der Waals surface area (Å²) in [6, 6.07) is 1.00. The first-order valence-electron chi connectivity index (χ1n) is 3.29. The van der Waals surface area contributed by atoms with E-state index in [0.29, 0.717) is 0 Å². The fourth-order valence-corrected chi connectivity index (χ4v) is 1.63. The van der Waals surface area contributed by atoms with Crippen LogP contribution in [-0.4, -0.2) is 18.9 Å². The van der Waals surface area contributed by atoms with Crippen LogP contribution in [-0.2, 0) is 0 Å². The number of rotatable bonds is 3.